The van der Waals surface area contributed by atoms with Crippen molar-refractivity contribution in [1.82, 2.24) is 14.4 Å². The lowest BCUT2D eigenvalue weighted by molar-refractivity contribution is 0.0411. The number of fused-ring (bicyclic) bond motifs is 1. The maximum absolute atomic E-state index is 11.1. The number of aliphatic hydroxyl groups is 2. The van der Waals surface area contributed by atoms with Gasteiger partial charge in [-0.25, -0.2) is 14.8 Å². The molecule has 0 aliphatic carbocycles. The summed E-state index contributed by atoms with van der Waals surface area (Å²) in [5.41, 5.74) is 2.46. The molecule has 3 atom stereocenters. The minimum Gasteiger partial charge on any atom is -0.478 e. The van der Waals surface area contributed by atoms with Crippen LogP contribution in [0.4, 0.5) is 5.82 Å². The van der Waals surface area contributed by atoms with Crippen LogP contribution in [0.15, 0.2) is 42.9 Å². The third-order valence-electron chi connectivity index (χ3n) is 4.53. The molecule has 8 nitrogen and oxygen atoms in total. The van der Waals surface area contributed by atoms with Crippen LogP contribution in [0.3, 0.4) is 0 Å². The van der Waals surface area contributed by atoms with Crippen LogP contribution in [0.25, 0.3) is 5.65 Å². The summed E-state index contributed by atoms with van der Waals surface area (Å²) in [4.78, 5) is 19.8. The van der Waals surface area contributed by atoms with Crippen molar-refractivity contribution in [2.75, 3.05) is 11.1 Å². The van der Waals surface area contributed by atoms with Gasteiger partial charge in [-0.2, -0.15) is 0 Å². The SMILES string of the molecule is O=C(O)c1cccc(CNc2nccn3c([C@@H]4SC[C@@H](O)[C@H]4O)cnc23)c1. The number of anilines is 1. The fourth-order valence-corrected chi connectivity index (χ4v) is 4.46. The van der Waals surface area contributed by atoms with E-state index in [1.54, 1.807) is 36.8 Å². The van der Waals surface area contributed by atoms with E-state index in [0.717, 1.165) is 11.3 Å². The number of imidazole rings is 1. The Hall–Kier alpha value is -2.62. The minimum atomic E-state index is -0.968. The number of nitrogens with zero attached hydrogens (tertiary/aromatic N) is 3. The van der Waals surface area contributed by atoms with Crippen LogP contribution >= 0.6 is 11.8 Å². The van der Waals surface area contributed by atoms with Gasteiger partial charge in [0.05, 0.1) is 34.9 Å². The highest BCUT2D eigenvalue weighted by Gasteiger charge is 2.37. The Labute approximate surface area is 158 Å². The average molecular weight is 386 g/mol. The normalized spacial score (nSPS) is 22.2. The summed E-state index contributed by atoms with van der Waals surface area (Å²) in [5.74, 6) is 0.0714. The van der Waals surface area contributed by atoms with Gasteiger partial charge in [0.2, 0.25) is 0 Å². The molecule has 0 bridgehead atoms. The highest BCUT2D eigenvalue weighted by atomic mass is 32.2. The first-order valence-electron chi connectivity index (χ1n) is 8.40. The number of carboxylic acid groups (broad SMARTS) is 1. The Kier molecular flexibility index (Phi) is 4.73. The molecule has 2 aromatic heterocycles. The van der Waals surface area contributed by atoms with Crippen molar-refractivity contribution in [2.24, 2.45) is 0 Å². The molecule has 0 unspecified atom stereocenters. The molecule has 4 rings (SSSR count). The Bertz CT molecular complexity index is 992. The maximum Gasteiger partial charge on any atom is 0.335 e. The summed E-state index contributed by atoms with van der Waals surface area (Å²) in [7, 11) is 0. The molecule has 1 fully saturated rings. The van der Waals surface area contributed by atoms with E-state index in [-0.39, 0.29) is 10.8 Å². The predicted octanol–water partition coefficient (Wildman–Crippen LogP) is 1.55. The van der Waals surface area contributed by atoms with Crippen LogP contribution in [0.1, 0.15) is 26.9 Å². The standard InChI is InChI=1S/C18H18N4O4S/c23-13-9-27-15(14(13)24)12-8-21-17-16(19-4-5-22(12)17)20-7-10-2-1-3-11(6-10)18(25)26/h1-6,8,13-15,23-24H,7,9H2,(H,19,20)(H,25,26)/t13-,14-,15+/m1/s1. The summed E-state index contributed by atoms with van der Waals surface area (Å²) in [6.07, 6.45) is 3.51. The number of carboxylic acids is 1. The third-order valence-corrected chi connectivity index (χ3v) is 5.95. The highest BCUT2D eigenvalue weighted by Crippen LogP contribution is 2.40. The quantitative estimate of drug-likeness (QED) is 0.521. The Morgan fingerprint density at radius 1 is 1.33 bits per heavy atom. The molecule has 9 heteroatoms. The zero-order valence-electron chi connectivity index (χ0n) is 14.2. The summed E-state index contributed by atoms with van der Waals surface area (Å²) in [6, 6.07) is 6.69. The van der Waals surface area contributed by atoms with Crippen molar-refractivity contribution >= 4 is 29.2 Å². The maximum atomic E-state index is 11.1. The number of thioether (sulfide) groups is 1. The van der Waals surface area contributed by atoms with Gasteiger partial charge in [-0.15, -0.1) is 11.8 Å². The molecule has 1 aromatic carbocycles. The van der Waals surface area contributed by atoms with Gasteiger partial charge >= 0.3 is 5.97 Å². The Balaban J connectivity index is 1.58. The number of aliphatic hydroxyl groups excluding tert-OH is 2. The van der Waals surface area contributed by atoms with E-state index >= 15 is 0 Å². The average Bonchev–Trinajstić information content (AvgIpc) is 3.24. The summed E-state index contributed by atoms with van der Waals surface area (Å²) >= 11 is 1.49. The van der Waals surface area contributed by atoms with Crippen LogP contribution in [-0.4, -0.2) is 53.6 Å². The zero-order valence-corrected chi connectivity index (χ0v) is 15.0. The number of aromatic nitrogens is 3. The second-order valence-electron chi connectivity index (χ2n) is 6.32. The number of carbonyl (C=O) groups is 1. The van der Waals surface area contributed by atoms with Gasteiger partial charge in [-0.05, 0) is 17.7 Å². The minimum absolute atomic E-state index is 0.231. The number of hydrogen-bond acceptors (Lipinski definition) is 7. The fraction of sp³-hybridized carbons (Fsp3) is 0.278. The van der Waals surface area contributed by atoms with Crippen molar-refractivity contribution in [2.45, 2.75) is 24.0 Å². The predicted molar refractivity (Wildman–Crippen MR) is 101 cm³/mol. The van der Waals surface area contributed by atoms with E-state index in [1.165, 1.54) is 11.8 Å². The van der Waals surface area contributed by atoms with E-state index in [0.29, 0.717) is 23.8 Å². The third kappa shape index (κ3) is 3.36. The number of aromatic carboxylic acids is 1. The fourth-order valence-electron chi connectivity index (χ4n) is 3.14. The molecular formula is C18H18N4O4S. The van der Waals surface area contributed by atoms with Gasteiger partial charge in [-0.1, -0.05) is 12.1 Å². The van der Waals surface area contributed by atoms with Crippen LogP contribution in [0.5, 0.6) is 0 Å². The van der Waals surface area contributed by atoms with E-state index in [9.17, 15) is 15.0 Å². The first-order valence-corrected chi connectivity index (χ1v) is 9.45. The van der Waals surface area contributed by atoms with Crippen molar-refractivity contribution < 1.29 is 20.1 Å². The van der Waals surface area contributed by atoms with E-state index < -0.39 is 18.2 Å². The van der Waals surface area contributed by atoms with Crippen molar-refractivity contribution in [3.05, 3.63) is 59.7 Å². The molecule has 1 aliphatic rings. The van der Waals surface area contributed by atoms with E-state index in [2.05, 4.69) is 15.3 Å². The summed E-state index contributed by atoms with van der Waals surface area (Å²) in [6.45, 7) is 0.398. The van der Waals surface area contributed by atoms with Crippen molar-refractivity contribution in [3.63, 3.8) is 0 Å². The lowest BCUT2D eigenvalue weighted by atomic mass is 10.1. The molecule has 0 radical (unpaired) electrons. The van der Waals surface area contributed by atoms with Gasteiger partial charge in [0.1, 0.15) is 0 Å². The lowest BCUT2D eigenvalue weighted by Crippen LogP contribution is -2.25. The van der Waals surface area contributed by atoms with Crippen molar-refractivity contribution in [3.8, 4) is 0 Å². The molecule has 27 heavy (non-hydrogen) atoms. The Morgan fingerprint density at radius 3 is 2.93 bits per heavy atom. The molecule has 0 spiro atoms. The number of nitrogens with one attached hydrogen (secondary N) is 1. The Morgan fingerprint density at radius 2 is 2.19 bits per heavy atom. The van der Waals surface area contributed by atoms with Gasteiger partial charge in [0, 0.05) is 24.7 Å². The zero-order chi connectivity index (χ0) is 19.0. The summed E-state index contributed by atoms with van der Waals surface area (Å²) in [5, 5.41) is 32.0. The van der Waals surface area contributed by atoms with Gasteiger partial charge in [0.25, 0.3) is 0 Å². The largest absolute Gasteiger partial charge is 0.478 e. The van der Waals surface area contributed by atoms with Crippen LogP contribution in [0, 0.1) is 0 Å². The molecule has 1 aliphatic heterocycles. The topological polar surface area (TPSA) is 120 Å². The first-order chi connectivity index (χ1) is 13.0. The molecule has 3 heterocycles. The van der Waals surface area contributed by atoms with Crippen molar-refractivity contribution in [1.29, 1.82) is 0 Å². The second kappa shape index (κ2) is 7.18. The monoisotopic (exact) mass is 386 g/mol. The molecule has 4 N–H and O–H groups in total. The first kappa shape index (κ1) is 17.8. The van der Waals surface area contributed by atoms with Gasteiger partial charge in [-0.3, -0.25) is 4.40 Å². The molecule has 1 saturated heterocycles. The number of hydrogen-bond donors (Lipinski definition) is 4. The molecule has 0 amide bonds. The molecule has 0 saturated carbocycles. The highest BCUT2D eigenvalue weighted by molar-refractivity contribution is 7.99. The second-order valence-corrected chi connectivity index (χ2v) is 7.50. The number of rotatable bonds is 5. The van der Waals surface area contributed by atoms with E-state index in [4.69, 9.17) is 5.11 Å². The summed E-state index contributed by atoms with van der Waals surface area (Å²) < 4.78 is 1.85. The van der Waals surface area contributed by atoms with E-state index in [1.807, 2.05) is 10.5 Å². The molecule has 3 aromatic rings. The lowest BCUT2D eigenvalue weighted by Gasteiger charge is -2.15. The molecule has 140 valence electrons. The van der Waals surface area contributed by atoms with Gasteiger partial charge < -0.3 is 20.6 Å². The van der Waals surface area contributed by atoms with Crippen LogP contribution in [0.2, 0.25) is 0 Å². The van der Waals surface area contributed by atoms with Gasteiger partial charge in [0.15, 0.2) is 11.5 Å². The smallest absolute Gasteiger partial charge is 0.335 e. The van der Waals surface area contributed by atoms with Crippen LogP contribution in [-0.2, 0) is 6.54 Å². The number of benzene rings is 1. The molecular weight excluding hydrogens is 368 g/mol. The van der Waals surface area contributed by atoms with Crippen LogP contribution < -0.4 is 5.32 Å².